The number of aromatic nitrogens is 2. The second kappa shape index (κ2) is 8.73. The van der Waals surface area contributed by atoms with Gasteiger partial charge in [0.05, 0.1) is 12.1 Å². The van der Waals surface area contributed by atoms with Gasteiger partial charge in [-0.25, -0.2) is 19.6 Å². The molecule has 154 valence electrons. The average Bonchev–Trinajstić information content (AvgIpc) is 2.72. The summed E-state index contributed by atoms with van der Waals surface area (Å²) in [5.74, 6) is -0.457. The van der Waals surface area contributed by atoms with Crippen molar-refractivity contribution >= 4 is 12.1 Å². The summed E-state index contributed by atoms with van der Waals surface area (Å²) in [6, 6.07) is 14.6. The van der Waals surface area contributed by atoms with Crippen LogP contribution in [-0.4, -0.2) is 32.7 Å². The standard InChI is InChI=1S/C23H23N3O4/c1-23(2,3)30-22(29)26-14-20-24-12-19(13-25-20)17-6-4-15(5-7-17)16-8-10-18(11-9-16)21(27)28/h4-13H,14H2,1-3H3,(H,26,29)(H,27,28). The number of benzene rings is 2. The Morgan fingerprint density at radius 2 is 1.33 bits per heavy atom. The summed E-state index contributed by atoms with van der Waals surface area (Å²) >= 11 is 0. The third-order valence-corrected chi connectivity index (χ3v) is 4.18. The van der Waals surface area contributed by atoms with Crippen LogP contribution in [0.2, 0.25) is 0 Å². The van der Waals surface area contributed by atoms with Gasteiger partial charge in [-0.2, -0.15) is 0 Å². The maximum Gasteiger partial charge on any atom is 0.408 e. The number of nitrogens with one attached hydrogen (secondary N) is 1. The zero-order valence-electron chi connectivity index (χ0n) is 17.0. The SMILES string of the molecule is CC(C)(C)OC(=O)NCc1ncc(-c2ccc(-c3ccc(C(=O)O)cc3)cc2)cn1. The van der Waals surface area contributed by atoms with Crippen LogP contribution in [0.15, 0.2) is 60.9 Å². The molecule has 0 aliphatic rings. The summed E-state index contributed by atoms with van der Waals surface area (Å²) in [6.07, 6.45) is 2.90. The third kappa shape index (κ3) is 5.64. The molecule has 1 amide bonds. The molecule has 0 fully saturated rings. The molecule has 7 heteroatoms. The average molecular weight is 405 g/mol. The van der Waals surface area contributed by atoms with Gasteiger partial charge in [0.15, 0.2) is 0 Å². The number of amides is 1. The summed E-state index contributed by atoms with van der Waals surface area (Å²) in [7, 11) is 0. The zero-order valence-corrected chi connectivity index (χ0v) is 17.0. The number of ether oxygens (including phenoxy) is 1. The molecule has 0 saturated carbocycles. The lowest BCUT2D eigenvalue weighted by Crippen LogP contribution is -2.32. The summed E-state index contributed by atoms with van der Waals surface area (Å²) in [6.45, 7) is 5.58. The van der Waals surface area contributed by atoms with E-state index < -0.39 is 17.7 Å². The molecule has 3 rings (SSSR count). The van der Waals surface area contributed by atoms with Gasteiger partial charge in [0, 0.05) is 18.0 Å². The third-order valence-electron chi connectivity index (χ3n) is 4.18. The molecule has 1 heterocycles. The molecule has 2 aromatic carbocycles. The molecule has 3 aromatic rings. The summed E-state index contributed by atoms with van der Waals surface area (Å²) in [5.41, 5.74) is 3.42. The van der Waals surface area contributed by atoms with Crippen molar-refractivity contribution in [3.8, 4) is 22.3 Å². The van der Waals surface area contributed by atoms with Crippen molar-refractivity contribution in [2.24, 2.45) is 0 Å². The van der Waals surface area contributed by atoms with E-state index in [4.69, 9.17) is 9.84 Å². The number of hydrogen-bond acceptors (Lipinski definition) is 5. The Balaban J connectivity index is 1.64. The maximum absolute atomic E-state index is 11.7. The Hall–Kier alpha value is -3.74. The minimum Gasteiger partial charge on any atom is -0.478 e. The van der Waals surface area contributed by atoms with Gasteiger partial charge in [-0.1, -0.05) is 36.4 Å². The van der Waals surface area contributed by atoms with E-state index in [1.54, 1.807) is 57.4 Å². The first-order valence-corrected chi connectivity index (χ1v) is 9.43. The fourth-order valence-corrected chi connectivity index (χ4v) is 2.72. The van der Waals surface area contributed by atoms with Crippen molar-refractivity contribution in [1.29, 1.82) is 0 Å². The number of aromatic carboxylic acids is 1. The fraction of sp³-hybridized carbons (Fsp3) is 0.217. The van der Waals surface area contributed by atoms with Crippen LogP contribution in [0.5, 0.6) is 0 Å². The molecule has 0 bridgehead atoms. The van der Waals surface area contributed by atoms with Crippen LogP contribution < -0.4 is 5.32 Å². The Morgan fingerprint density at radius 3 is 1.80 bits per heavy atom. The molecule has 30 heavy (non-hydrogen) atoms. The highest BCUT2D eigenvalue weighted by Gasteiger charge is 2.16. The van der Waals surface area contributed by atoms with Crippen LogP contribution in [0.25, 0.3) is 22.3 Å². The molecule has 7 nitrogen and oxygen atoms in total. The van der Waals surface area contributed by atoms with E-state index in [9.17, 15) is 9.59 Å². The van der Waals surface area contributed by atoms with Crippen molar-refractivity contribution in [2.45, 2.75) is 32.9 Å². The van der Waals surface area contributed by atoms with Crippen molar-refractivity contribution in [3.63, 3.8) is 0 Å². The van der Waals surface area contributed by atoms with Crippen molar-refractivity contribution in [1.82, 2.24) is 15.3 Å². The Kier molecular flexibility index (Phi) is 6.11. The van der Waals surface area contributed by atoms with E-state index in [1.165, 1.54) is 0 Å². The number of carboxylic acids is 1. The first-order valence-electron chi connectivity index (χ1n) is 9.43. The van der Waals surface area contributed by atoms with Gasteiger partial charge in [-0.15, -0.1) is 0 Å². The van der Waals surface area contributed by atoms with Gasteiger partial charge in [-0.3, -0.25) is 0 Å². The topological polar surface area (TPSA) is 101 Å². The van der Waals surface area contributed by atoms with Crippen LogP contribution in [0, 0.1) is 0 Å². The van der Waals surface area contributed by atoms with Crippen LogP contribution in [0.3, 0.4) is 0 Å². The number of carbonyl (C=O) groups excluding carboxylic acids is 1. The summed E-state index contributed by atoms with van der Waals surface area (Å²) in [4.78, 5) is 31.3. The zero-order chi connectivity index (χ0) is 21.7. The van der Waals surface area contributed by atoms with Gasteiger partial charge in [0.25, 0.3) is 0 Å². The number of nitrogens with zero attached hydrogens (tertiary/aromatic N) is 2. The predicted molar refractivity (Wildman–Crippen MR) is 113 cm³/mol. The molecule has 0 unspecified atom stereocenters. The number of rotatable bonds is 5. The van der Waals surface area contributed by atoms with Gasteiger partial charge in [0.2, 0.25) is 0 Å². The Bertz CT molecular complexity index is 1020. The second-order valence-electron chi connectivity index (χ2n) is 7.70. The van der Waals surface area contributed by atoms with E-state index in [0.29, 0.717) is 5.82 Å². The number of alkyl carbamates (subject to hydrolysis) is 1. The lowest BCUT2D eigenvalue weighted by molar-refractivity contribution is 0.0521. The summed E-state index contributed by atoms with van der Waals surface area (Å²) < 4.78 is 5.18. The highest BCUT2D eigenvalue weighted by atomic mass is 16.6. The van der Waals surface area contributed by atoms with E-state index in [0.717, 1.165) is 22.3 Å². The highest BCUT2D eigenvalue weighted by Crippen LogP contribution is 2.24. The number of carbonyl (C=O) groups is 2. The van der Waals surface area contributed by atoms with E-state index in [-0.39, 0.29) is 12.1 Å². The molecule has 0 spiro atoms. The molecule has 2 N–H and O–H groups in total. The van der Waals surface area contributed by atoms with Gasteiger partial charge in [-0.05, 0) is 49.6 Å². The van der Waals surface area contributed by atoms with Gasteiger partial charge < -0.3 is 15.2 Å². The molecule has 0 atom stereocenters. The predicted octanol–water partition coefficient (Wildman–Crippen LogP) is 4.53. The molecule has 0 aliphatic heterocycles. The molecule has 1 aromatic heterocycles. The van der Waals surface area contributed by atoms with E-state index in [2.05, 4.69) is 15.3 Å². The highest BCUT2D eigenvalue weighted by molar-refractivity contribution is 5.88. The van der Waals surface area contributed by atoms with Crippen molar-refractivity contribution in [2.75, 3.05) is 0 Å². The lowest BCUT2D eigenvalue weighted by Gasteiger charge is -2.19. The molecular formula is C23H23N3O4. The number of hydrogen-bond donors (Lipinski definition) is 2. The first-order chi connectivity index (χ1) is 14.2. The second-order valence-corrected chi connectivity index (χ2v) is 7.70. The lowest BCUT2D eigenvalue weighted by atomic mass is 10.0. The minimum absolute atomic E-state index is 0.181. The van der Waals surface area contributed by atoms with Gasteiger partial charge >= 0.3 is 12.1 Å². The van der Waals surface area contributed by atoms with E-state index in [1.807, 2.05) is 24.3 Å². The normalized spacial score (nSPS) is 11.0. The van der Waals surface area contributed by atoms with Crippen LogP contribution in [0.4, 0.5) is 4.79 Å². The maximum atomic E-state index is 11.7. The Labute approximate surface area is 174 Å². The molecule has 0 aliphatic carbocycles. The summed E-state index contributed by atoms with van der Waals surface area (Å²) in [5, 5.41) is 11.6. The molecule has 0 saturated heterocycles. The van der Waals surface area contributed by atoms with E-state index >= 15 is 0 Å². The quantitative estimate of drug-likeness (QED) is 0.646. The Morgan fingerprint density at radius 1 is 0.867 bits per heavy atom. The van der Waals surface area contributed by atoms with Crippen LogP contribution in [-0.2, 0) is 11.3 Å². The first kappa shape index (κ1) is 21.0. The largest absolute Gasteiger partial charge is 0.478 e. The monoisotopic (exact) mass is 405 g/mol. The number of carboxylic acid groups (broad SMARTS) is 1. The fourth-order valence-electron chi connectivity index (χ4n) is 2.72. The molecule has 0 radical (unpaired) electrons. The van der Waals surface area contributed by atoms with Crippen molar-refractivity contribution < 1.29 is 19.4 Å². The van der Waals surface area contributed by atoms with Crippen molar-refractivity contribution in [3.05, 3.63) is 72.3 Å². The van der Waals surface area contributed by atoms with Crippen LogP contribution >= 0.6 is 0 Å². The molecular weight excluding hydrogens is 382 g/mol. The van der Waals surface area contributed by atoms with Gasteiger partial charge in [0.1, 0.15) is 11.4 Å². The van der Waals surface area contributed by atoms with Crippen LogP contribution in [0.1, 0.15) is 37.0 Å². The minimum atomic E-state index is -0.943. The smallest absolute Gasteiger partial charge is 0.408 e.